The van der Waals surface area contributed by atoms with Gasteiger partial charge in [-0.3, -0.25) is 4.79 Å². The number of carbonyl (C=O) groups is 1. The third-order valence-corrected chi connectivity index (χ3v) is 8.36. The largest absolute Gasteiger partial charge is 0.508 e. The van der Waals surface area contributed by atoms with Gasteiger partial charge in [0.15, 0.2) is 0 Å². The number of hydrogen-bond donors (Lipinski definition) is 3. The summed E-state index contributed by atoms with van der Waals surface area (Å²) in [5.74, 6) is 1.86. The summed E-state index contributed by atoms with van der Waals surface area (Å²) in [5.41, 5.74) is 2.99. The summed E-state index contributed by atoms with van der Waals surface area (Å²) in [5, 5.41) is 28.5. The number of rotatable bonds is 1. The Morgan fingerprint density at radius 2 is 1.82 bits per heavy atom. The van der Waals surface area contributed by atoms with Crippen molar-refractivity contribution in [3.8, 4) is 5.75 Å². The van der Waals surface area contributed by atoms with E-state index < -0.39 is 5.97 Å². The van der Waals surface area contributed by atoms with Crippen molar-refractivity contribution in [2.24, 2.45) is 23.2 Å². The molecule has 3 N–H and O–H groups in total. The molecule has 4 aliphatic rings. The van der Waals surface area contributed by atoms with Crippen LogP contribution in [-0.4, -0.2) is 27.4 Å². The van der Waals surface area contributed by atoms with Crippen LogP contribution in [0.15, 0.2) is 18.2 Å². The van der Waals surface area contributed by atoms with Crippen molar-refractivity contribution in [2.45, 2.75) is 83.2 Å². The predicted octanol–water partition coefficient (Wildman–Crippen LogP) is 4.87. The van der Waals surface area contributed by atoms with Gasteiger partial charge in [-0.15, -0.1) is 0 Å². The molecule has 0 radical (unpaired) electrons. The summed E-state index contributed by atoms with van der Waals surface area (Å²) < 4.78 is 0. The minimum absolute atomic E-state index is 0.0185. The van der Waals surface area contributed by atoms with E-state index in [2.05, 4.69) is 13.0 Å². The molecule has 5 atom stereocenters. The van der Waals surface area contributed by atoms with Crippen LogP contribution in [-0.2, 0) is 11.2 Å². The van der Waals surface area contributed by atoms with Crippen molar-refractivity contribution < 1.29 is 20.1 Å². The van der Waals surface area contributed by atoms with Crippen molar-refractivity contribution in [1.29, 1.82) is 0 Å². The second-order valence-electron chi connectivity index (χ2n) is 9.76. The quantitative estimate of drug-likeness (QED) is 0.643. The van der Waals surface area contributed by atoms with E-state index in [1.54, 1.807) is 0 Å². The van der Waals surface area contributed by atoms with Crippen molar-refractivity contribution >= 4 is 5.97 Å². The highest BCUT2D eigenvalue weighted by atomic mass is 16.4. The van der Waals surface area contributed by atoms with Crippen molar-refractivity contribution in [1.82, 2.24) is 0 Å². The van der Waals surface area contributed by atoms with Gasteiger partial charge in [0.25, 0.3) is 0 Å². The first-order valence-electron chi connectivity index (χ1n) is 11.1. The fraction of sp³-hybridized carbons (Fsp3) is 0.708. The molecule has 3 saturated carbocycles. The van der Waals surface area contributed by atoms with Crippen LogP contribution in [0.2, 0.25) is 0 Å². The molecule has 0 amide bonds. The van der Waals surface area contributed by atoms with Crippen LogP contribution in [0.25, 0.3) is 0 Å². The van der Waals surface area contributed by atoms with Crippen LogP contribution in [0.3, 0.4) is 0 Å². The van der Waals surface area contributed by atoms with E-state index in [9.17, 15) is 15.0 Å². The zero-order valence-corrected chi connectivity index (χ0v) is 16.9. The van der Waals surface area contributed by atoms with E-state index in [0.717, 1.165) is 50.9 Å². The molecule has 0 heterocycles. The van der Waals surface area contributed by atoms with Gasteiger partial charge >= 0.3 is 5.97 Å². The summed E-state index contributed by atoms with van der Waals surface area (Å²) in [6.07, 6.45) is 10.8. The first-order valence-corrected chi connectivity index (χ1v) is 11.1. The Labute approximate surface area is 168 Å². The van der Waals surface area contributed by atoms with Crippen LogP contribution in [0.1, 0.15) is 81.8 Å². The van der Waals surface area contributed by atoms with Gasteiger partial charge in [-0.2, -0.15) is 0 Å². The van der Waals surface area contributed by atoms with Gasteiger partial charge in [0.2, 0.25) is 0 Å². The molecule has 0 spiro atoms. The topological polar surface area (TPSA) is 77.8 Å². The van der Waals surface area contributed by atoms with Crippen molar-refractivity contribution in [3.63, 3.8) is 0 Å². The standard InChI is InChI=1S/C18H24O2.C6H10O2/c1-18-9-8-14-13-5-3-12(19)10-11(13)2-4-15(14)16(18)6-7-17(18)20;7-6(8)5-3-1-2-4-5/h3,5,10,14-17,19-20H,2,4,6-9H2,1H3;5H,1-4H2,(H,7,8)/t14-,15-,16+,17+,18+;/m1./s1. The maximum absolute atomic E-state index is 10.4. The van der Waals surface area contributed by atoms with Gasteiger partial charge in [-0.05, 0) is 97.8 Å². The summed E-state index contributed by atoms with van der Waals surface area (Å²) >= 11 is 0. The molecule has 28 heavy (non-hydrogen) atoms. The van der Waals surface area contributed by atoms with Gasteiger partial charge in [-0.25, -0.2) is 0 Å². The van der Waals surface area contributed by atoms with Gasteiger partial charge < -0.3 is 15.3 Å². The molecule has 0 unspecified atom stereocenters. The highest BCUT2D eigenvalue weighted by molar-refractivity contribution is 5.70. The molecule has 1 aromatic carbocycles. The number of aliphatic hydroxyl groups is 1. The Balaban J connectivity index is 0.000000203. The molecule has 0 aliphatic heterocycles. The smallest absolute Gasteiger partial charge is 0.306 e. The zero-order valence-electron chi connectivity index (χ0n) is 16.9. The number of aromatic hydroxyl groups is 1. The van der Waals surface area contributed by atoms with E-state index in [-0.39, 0.29) is 17.4 Å². The fourth-order valence-corrected chi connectivity index (χ4v) is 6.71. The van der Waals surface area contributed by atoms with Gasteiger partial charge in [-0.1, -0.05) is 25.8 Å². The van der Waals surface area contributed by atoms with Crippen LogP contribution >= 0.6 is 0 Å². The summed E-state index contributed by atoms with van der Waals surface area (Å²) in [6, 6.07) is 5.96. The maximum atomic E-state index is 10.4. The minimum Gasteiger partial charge on any atom is -0.508 e. The summed E-state index contributed by atoms with van der Waals surface area (Å²) in [4.78, 5) is 10.2. The lowest BCUT2D eigenvalue weighted by Gasteiger charge is -2.50. The molecule has 5 rings (SSSR count). The van der Waals surface area contributed by atoms with Crippen LogP contribution in [0.4, 0.5) is 0 Å². The first-order chi connectivity index (χ1) is 13.4. The minimum atomic E-state index is -0.609. The Morgan fingerprint density at radius 1 is 1.07 bits per heavy atom. The Morgan fingerprint density at radius 3 is 2.50 bits per heavy atom. The highest BCUT2D eigenvalue weighted by Gasteiger charge is 2.54. The number of carboxylic acid groups (broad SMARTS) is 1. The average Bonchev–Trinajstić information content (AvgIpc) is 3.31. The van der Waals surface area contributed by atoms with E-state index in [1.807, 2.05) is 12.1 Å². The maximum Gasteiger partial charge on any atom is 0.306 e. The summed E-state index contributed by atoms with van der Waals surface area (Å²) in [7, 11) is 0. The number of hydrogen-bond acceptors (Lipinski definition) is 3. The lowest BCUT2D eigenvalue weighted by Crippen LogP contribution is -2.43. The van der Waals surface area contributed by atoms with E-state index >= 15 is 0 Å². The highest BCUT2D eigenvalue weighted by Crippen LogP contribution is 2.60. The number of fused-ring (bicyclic) bond motifs is 5. The molecule has 1 aromatic rings. The third kappa shape index (κ3) is 3.45. The van der Waals surface area contributed by atoms with Crippen LogP contribution in [0, 0.1) is 23.2 Å². The second kappa shape index (κ2) is 7.70. The van der Waals surface area contributed by atoms with Gasteiger partial charge in [0.1, 0.15) is 5.75 Å². The van der Waals surface area contributed by atoms with E-state index in [0.29, 0.717) is 17.6 Å². The molecular formula is C24H34O4. The van der Waals surface area contributed by atoms with Gasteiger partial charge in [0.05, 0.1) is 12.0 Å². The number of phenols is 1. The number of aliphatic hydroxyl groups excluding tert-OH is 1. The van der Waals surface area contributed by atoms with Gasteiger partial charge in [0, 0.05) is 0 Å². The third-order valence-electron chi connectivity index (χ3n) is 8.36. The molecule has 0 bridgehead atoms. The fourth-order valence-electron chi connectivity index (χ4n) is 6.71. The molecule has 0 saturated heterocycles. The van der Waals surface area contributed by atoms with Crippen molar-refractivity contribution in [2.75, 3.05) is 0 Å². The molecule has 0 aromatic heterocycles. The van der Waals surface area contributed by atoms with E-state index in [4.69, 9.17) is 5.11 Å². The summed E-state index contributed by atoms with van der Waals surface area (Å²) in [6.45, 7) is 2.32. The molecule has 4 nitrogen and oxygen atoms in total. The van der Waals surface area contributed by atoms with Crippen LogP contribution in [0.5, 0.6) is 5.75 Å². The second-order valence-corrected chi connectivity index (χ2v) is 9.76. The Bertz CT molecular complexity index is 723. The zero-order chi connectivity index (χ0) is 19.9. The number of carboxylic acids is 1. The number of aryl methyl sites for hydroxylation is 1. The van der Waals surface area contributed by atoms with Crippen LogP contribution < -0.4 is 0 Å². The number of phenolic OH excluding ortho intramolecular Hbond substituents is 1. The Kier molecular flexibility index (Phi) is 5.43. The number of aliphatic carboxylic acids is 1. The average molecular weight is 387 g/mol. The van der Waals surface area contributed by atoms with E-state index in [1.165, 1.54) is 30.4 Å². The van der Waals surface area contributed by atoms with Crippen molar-refractivity contribution in [3.05, 3.63) is 29.3 Å². The predicted molar refractivity (Wildman–Crippen MR) is 108 cm³/mol. The monoisotopic (exact) mass is 386 g/mol. The first kappa shape index (κ1) is 19.8. The lowest BCUT2D eigenvalue weighted by atomic mass is 9.55. The molecular weight excluding hydrogens is 352 g/mol. The Hall–Kier alpha value is -1.55. The normalized spacial score (nSPS) is 36.6. The molecule has 154 valence electrons. The molecule has 4 aliphatic carbocycles. The molecule has 3 fully saturated rings. The number of benzene rings is 1. The lowest BCUT2D eigenvalue weighted by molar-refractivity contribution is -0.141. The SMILES string of the molecule is C[C@]12CC[C@@H]3c4ccc(O)cc4CC[C@H]3[C@@H]1CC[C@@H]2O.O=C(O)C1CCCC1. The molecule has 4 heteroatoms.